The first-order chi connectivity index (χ1) is 11.3. The van der Waals surface area contributed by atoms with E-state index in [2.05, 4.69) is 18.4 Å². The molecule has 130 valence electrons. The first-order valence-electron chi connectivity index (χ1n) is 8.50. The van der Waals surface area contributed by atoms with Gasteiger partial charge in [-0.2, -0.15) is 4.31 Å². The standard InChI is InChI=1S/C20H27NO2S/c1-5-13-20(14-7-6-8-15-20)21(16-17(2)3)24(22,23)19-11-9-18(4)10-12-19/h9-12H,2,6-8,14-16H2,1,3-4H3. The quantitative estimate of drug-likeness (QED) is 0.590. The van der Waals surface area contributed by atoms with Crippen molar-refractivity contribution in [1.82, 2.24) is 4.31 Å². The van der Waals surface area contributed by atoms with E-state index < -0.39 is 15.6 Å². The Hall–Kier alpha value is -1.57. The van der Waals surface area contributed by atoms with Gasteiger partial charge < -0.3 is 0 Å². The fourth-order valence-corrected chi connectivity index (χ4v) is 5.17. The van der Waals surface area contributed by atoms with E-state index in [0.717, 1.165) is 43.2 Å². The Labute approximate surface area is 146 Å². The molecule has 1 fully saturated rings. The average Bonchev–Trinajstić information content (AvgIpc) is 2.54. The van der Waals surface area contributed by atoms with Gasteiger partial charge >= 0.3 is 0 Å². The molecule has 1 aromatic carbocycles. The second-order valence-electron chi connectivity index (χ2n) is 6.75. The minimum atomic E-state index is -3.62. The lowest BCUT2D eigenvalue weighted by atomic mass is 9.82. The largest absolute Gasteiger partial charge is 0.244 e. The summed E-state index contributed by atoms with van der Waals surface area (Å²) in [5.41, 5.74) is 1.25. The summed E-state index contributed by atoms with van der Waals surface area (Å²) in [6, 6.07) is 7.05. The van der Waals surface area contributed by atoms with Crippen molar-refractivity contribution >= 4 is 10.0 Å². The molecule has 0 atom stereocenters. The van der Waals surface area contributed by atoms with Crippen molar-refractivity contribution < 1.29 is 8.42 Å². The van der Waals surface area contributed by atoms with Gasteiger partial charge in [-0.15, -0.1) is 5.92 Å². The Balaban J connectivity index is 2.55. The Bertz CT molecular complexity index is 745. The molecule has 0 heterocycles. The number of benzene rings is 1. The Kier molecular flexibility index (Phi) is 5.90. The zero-order valence-corrected chi connectivity index (χ0v) is 15.7. The minimum Gasteiger partial charge on any atom is -0.207 e. The minimum absolute atomic E-state index is 0.310. The first-order valence-corrected chi connectivity index (χ1v) is 9.94. The summed E-state index contributed by atoms with van der Waals surface area (Å²) >= 11 is 0. The van der Waals surface area contributed by atoms with Crippen molar-refractivity contribution in [2.24, 2.45) is 0 Å². The van der Waals surface area contributed by atoms with Gasteiger partial charge in [0.25, 0.3) is 0 Å². The predicted octanol–water partition coefficient (Wildman–Crippen LogP) is 4.29. The molecule has 1 saturated carbocycles. The van der Waals surface area contributed by atoms with Crippen LogP contribution in [0.5, 0.6) is 0 Å². The molecule has 3 nitrogen and oxygen atoms in total. The van der Waals surface area contributed by atoms with E-state index in [1.165, 1.54) is 0 Å². The summed E-state index contributed by atoms with van der Waals surface area (Å²) in [6.45, 7) is 9.86. The molecule has 0 saturated heterocycles. The van der Waals surface area contributed by atoms with Gasteiger partial charge in [-0.3, -0.25) is 0 Å². The molecule has 1 aliphatic carbocycles. The molecule has 0 spiro atoms. The Morgan fingerprint density at radius 3 is 2.29 bits per heavy atom. The Morgan fingerprint density at radius 1 is 1.21 bits per heavy atom. The highest BCUT2D eigenvalue weighted by Crippen LogP contribution is 2.37. The second-order valence-corrected chi connectivity index (χ2v) is 8.61. The summed E-state index contributed by atoms with van der Waals surface area (Å²) < 4.78 is 28.4. The highest BCUT2D eigenvalue weighted by Gasteiger charge is 2.43. The van der Waals surface area contributed by atoms with E-state index in [0.29, 0.717) is 11.4 Å². The third-order valence-electron chi connectivity index (χ3n) is 4.54. The van der Waals surface area contributed by atoms with Crippen molar-refractivity contribution in [2.75, 3.05) is 6.54 Å². The molecule has 0 aliphatic heterocycles. The average molecular weight is 346 g/mol. The van der Waals surface area contributed by atoms with Crippen LogP contribution in [-0.2, 0) is 10.0 Å². The van der Waals surface area contributed by atoms with E-state index in [-0.39, 0.29) is 0 Å². The number of sulfonamides is 1. The molecular weight excluding hydrogens is 318 g/mol. The molecule has 0 amide bonds. The molecule has 0 radical (unpaired) electrons. The summed E-state index contributed by atoms with van der Waals surface area (Å²) in [7, 11) is -3.62. The molecule has 24 heavy (non-hydrogen) atoms. The topological polar surface area (TPSA) is 37.4 Å². The molecule has 1 aromatic rings. The number of aryl methyl sites for hydroxylation is 1. The molecule has 0 unspecified atom stereocenters. The third kappa shape index (κ3) is 3.91. The smallest absolute Gasteiger partial charge is 0.207 e. The number of hydrogen-bond acceptors (Lipinski definition) is 2. The van der Waals surface area contributed by atoms with Crippen LogP contribution in [0.3, 0.4) is 0 Å². The summed E-state index contributed by atoms with van der Waals surface area (Å²) in [5, 5.41) is 0. The first kappa shape index (κ1) is 18.8. The van der Waals surface area contributed by atoms with Gasteiger partial charge in [-0.05, 0) is 45.7 Å². The van der Waals surface area contributed by atoms with Crippen LogP contribution in [0.1, 0.15) is 51.5 Å². The van der Waals surface area contributed by atoms with E-state index in [1.807, 2.05) is 26.0 Å². The van der Waals surface area contributed by atoms with Gasteiger partial charge in [0.2, 0.25) is 10.0 Å². The van der Waals surface area contributed by atoms with Crippen LogP contribution >= 0.6 is 0 Å². The lowest BCUT2D eigenvalue weighted by Crippen LogP contribution is -2.52. The lowest BCUT2D eigenvalue weighted by Gasteiger charge is -2.42. The molecule has 0 bridgehead atoms. The van der Waals surface area contributed by atoms with Gasteiger partial charge in [0.15, 0.2) is 0 Å². The highest BCUT2D eigenvalue weighted by molar-refractivity contribution is 7.89. The zero-order valence-electron chi connectivity index (χ0n) is 14.9. The molecule has 1 aliphatic rings. The summed E-state index contributed by atoms with van der Waals surface area (Å²) in [5.74, 6) is 6.23. The zero-order chi connectivity index (χ0) is 17.8. The normalized spacial score (nSPS) is 17.2. The highest BCUT2D eigenvalue weighted by atomic mass is 32.2. The van der Waals surface area contributed by atoms with Crippen LogP contribution in [0.2, 0.25) is 0 Å². The maximum Gasteiger partial charge on any atom is 0.244 e. The molecule has 0 aromatic heterocycles. The van der Waals surface area contributed by atoms with Crippen molar-refractivity contribution in [3.8, 4) is 11.8 Å². The van der Waals surface area contributed by atoms with Crippen molar-refractivity contribution in [1.29, 1.82) is 0 Å². The van der Waals surface area contributed by atoms with Crippen molar-refractivity contribution in [2.45, 2.75) is 63.3 Å². The number of rotatable bonds is 5. The fraction of sp³-hybridized carbons (Fsp3) is 0.500. The van der Waals surface area contributed by atoms with E-state index in [1.54, 1.807) is 23.4 Å². The van der Waals surface area contributed by atoms with Crippen LogP contribution in [0.15, 0.2) is 41.3 Å². The van der Waals surface area contributed by atoms with Gasteiger partial charge in [0.1, 0.15) is 0 Å². The van der Waals surface area contributed by atoms with Crippen molar-refractivity contribution in [3.63, 3.8) is 0 Å². The van der Waals surface area contributed by atoms with Crippen LogP contribution in [0.25, 0.3) is 0 Å². The van der Waals surface area contributed by atoms with Crippen LogP contribution in [0.4, 0.5) is 0 Å². The molecule has 0 N–H and O–H groups in total. The van der Waals surface area contributed by atoms with Gasteiger partial charge in [-0.25, -0.2) is 8.42 Å². The fourth-order valence-electron chi connectivity index (χ4n) is 3.36. The van der Waals surface area contributed by atoms with Crippen LogP contribution in [0, 0.1) is 18.8 Å². The van der Waals surface area contributed by atoms with E-state index >= 15 is 0 Å². The maximum absolute atomic E-state index is 13.4. The van der Waals surface area contributed by atoms with Crippen LogP contribution in [-0.4, -0.2) is 24.8 Å². The summed E-state index contributed by atoms with van der Waals surface area (Å²) in [6.07, 6.45) is 4.71. The summed E-state index contributed by atoms with van der Waals surface area (Å²) in [4.78, 5) is 0.331. The number of hydrogen-bond donors (Lipinski definition) is 0. The Morgan fingerprint density at radius 2 is 1.79 bits per heavy atom. The van der Waals surface area contributed by atoms with Crippen molar-refractivity contribution in [3.05, 3.63) is 42.0 Å². The predicted molar refractivity (Wildman–Crippen MR) is 99.2 cm³/mol. The SMILES string of the molecule is C=C(C)CN(C1(C#CC)CCCCC1)S(=O)(=O)c1ccc(C)cc1. The van der Waals surface area contributed by atoms with Crippen LogP contribution < -0.4 is 0 Å². The maximum atomic E-state index is 13.4. The van der Waals surface area contributed by atoms with E-state index in [9.17, 15) is 8.42 Å². The van der Waals surface area contributed by atoms with Gasteiger partial charge in [0.05, 0.1) is 10.4 Å². The molecule has 2 rings (SSSR count). The number of nitrogens with zero attached hydrogens (tertiary/aromatic N) is 1. The van der Waals surface area contributed by atoms with E-state index in [4.69, 9.17) is 0 Å². The third-order valence-corrected chi connectivity index (χ3v) is 6.47. The molecular formula is C20H27NO2S. The monoisotopic (exact) mass is 345 g/mol. The molecule has 4 heteroatoms. The van der Waals surface area contributed by atoms with Gasteiger partial charge in [0, 0.05) is 6.54 Å². The lowest BCUT2D eigenvalue weighted by molar-refractivity contribution is 0.198. The van der Waals surface area contributed by atoms with Gasteiger partial charge in [-0.1, -0.05) is 55.0 Å². The second kappa shape index (κ2) is 7.55.